The van der Waals surface area contributed by atoms with Gasteiger partial charge >= 0.3 is 0 Å². The molecule has 0 unspecified atom stereocenters. The highest BCUT2D eigenvalue weighted by atomic mass is 79.9. The third-order valence-electron chi connectivity index (χ3n) is 3.37. The Kier molecular flexibility index (Phi) is 4.15. The summed E-state index contributed by atoms with van der Waals surface area (Å²) in [5, 5.41) is 4.42. The fraction of sp³-hybridized carbons (Fsp3) is 0.176. The van der Waals surface area contributed by atoms with Crippen molar-refractivity contribution in [3.63, 3.8) is 0 Å². The predicted octanol–water partition coefficient (Wildman–Crippen LogP) is 3.34. The third kappa shape index (κ3) is 3.79. The largest absolute Gasteiger partial charge is 0.265 e. The van der Waals surface area contributed by atoms with Gasteiger partial charge in [-0.25, -0.2) is 4.57 Å². The summed E-state index contributed by atoms with van der Waals surface area (Å²) < 4.78 is 5.16. The first-order valence-corrected chi connectivity index (χ1v) is 7.70. The summed E-state index contributed by atoms with van der Waals surface area (Å²) in [6.07, 6.45) is 3.91. The second-order valence-corrected chi connectivity index (χ2v) is 6.14. The lowest BCUT2D eigenvalue weighted by Crippen LogP contribution is -2.31. The Morgan fingerprint density at radius 2 is 1.67 bits per heavy atom. The molecule has 0 N–H and O–H groups in total. The van der Waals surface area contributed by atoms with E-state index in [1.165, 1.54) is 16.7 Å². The van der Waals surface area contributed by atoms with Crippen LogP contribution in [0.1, 0.15) is 16.7 Å². The van der Waals surface area contributed by atoms with Gasteiger partial charge in [0.15, 0.2) is 0 Å². The van der Waals surface area contributed by atoms with Crippen molar-refractivity contribution in [1.82, 2.24) is 9.78 Å². The Morgan fingerprint density at radius 1 is 1.00 bits per heavy atom. The van der Waals surface area contributed by atoms with E-state index >= 15 is 0 Å². The molecule has 0 atom stereocenters. The zero-order valence-corrected chi connectivity index (χ0v) is 13.5. The van der Waals surface area contributed by atoms with Crippen molar-refractivity contribution in [3.8, 4) is 0 Å². The summed E-state index contributed by atoms with van der Waals surface area (Å²) in [5.74, 6) is 0. The van der Waals surface area contributed by atoms with Crippen LogP contribution in [0.15, 0.2) is 65.7 Å². The van der Waals surface area contributed by atoms with Gasteiger partial charge in [-0.3, -0.25) is 0 Å². The molecule has 0 fully saturated rings. The first-order valence-electron chi connectivity index (χ1n) is 6.90. The van der Waals surface area contributed by atoms with Crippen molar-refractivity contribution in [2.45, 2.75) is 20.0 Å². The topological polar surface area (TPSA) is 21.7 Å². The number of aryl methyl sites for hydroxylation is 1. The molecule has 3 nitrogen and oxygen atoms in total. The molecule has 4 heteroatoms. The first-order chi connectivity index (χ1) is 10.2. The highest BCUT2D eigenvalue weighted by Gasteiger charge is 2.07. The van der Waals surface area contributed by atoms with Gasteiger partial charge < -0.3 is 0 Å². The molecule has 21 heavy (non-hydrogen) atoms. The van der Waals surface area contributed by atoms with Gasteiger partial charge in [-0.05, 0) is 30.2 Å². The van der Waals surface area contributed by atoms with E-state index in [1.807, 2.05) is 17.3 Å². The van der Waals surface area contributed by atoms with Gasteiger partial charge in [-0.1, -0.05) is 57.9 Å². The average Bonchev–Trinajstić information content (AvgIpc) is 2.91. The van der Waals surface area contributed by atoms with Crippen molar-refractivity contribution < 1.29 is 4.57 Å². The van der Waals surface area contributed by atoms with Crippen LogP contribution in [-0.4, -0.2) is 9.78 Å². The molecule has 1 heterocycles. The Labute approximate surface area is 133 Å². The summed E-state index contributed by atoms with van der Waals surface area (Å²) in [6, 6.07) is 16.9. The van der Waals surface area contributed by atoms with Crippen molar-refractivity contribution in [3.05, 3.63) is 82.3 Å². The summed E-state index contributed by atoms with van der Waals surface area (Å²) >= 11 is 3.45. The van der Waals surface area contributed by atoms with Crippen LogP contribution in [0.4, 0.5) is 0 Å². The molecule has 1 aromatic heterocycles. The van der Waals surface area contributed by atoms with Gasteiger partial charge in [0, 0.05) is 9.57 Å². The Hall–Kier alpha value is -1.94. The molecule has 2 aromatic carbocycles. The van der Waals surface area contributed by atoms with Gasteiger partial charge in [0.1, 0.15) is 6.54 Å². The van der Waals surface area contributed by atoms with Crippen molar-refractivity contribution in [2.75, 3.05) is 0 Å². The van der Waals surface area contributed by atoms with E-state index in [9.17, 15) is 0 Å². The fourth-order valence-electron chi connectivity index (χ4n) is 2.21. The Balaban J connectivity index is 1.68. The van der Waals surface area contributed by atoms with Crippen molar-refractivity contribution in [2.24, 2.45) is 0 Å². The van der Waals surface area contributed by atoms with Crippen LogP contribution >= 0.6 is 15.9 Å². The summed E-state index contributed by atoms with van der Waals surface area (Å²) in [4.78, 5) is 0. The second kappa shape index (κ2) is 6.22. The molecule has 0 aliphatic carbocycles. The number of benzene rings is 2. The van der Waals surface area contributed by atoms with E-state index in [0.29, 0.717) is 0 Å². The minimum atomic E-state index is 0.799. The lowest BCUT2D eigenvalue weighted by atomic mass is 10.1. The maximum atomic E-state index is 4.42. The van der Waals surface area contributed by atoms with E-state index in [-0.39, 0.29) is 0 Å². The Bertz CT molecular complexity index is 653. The maximum absolute atomic E-state index is 4.42. The molecule has 106 valence electrons. The number of hydrogen-bond donors (Lipinski definition) is 0. The van der Waals surface area contributed by atoms with Crippen LogP contribution in [0.5, 0.6) is 0 Å². The number of halogens is 1. The van der Waals surface area contributed by atoms with Crippen LogP contribution < -0.4 is 4.57 Å². The molecule has 0 spiro atoms. The van der Waals surface area contributed by atoms with E-state index in [1.54, 1.807) is 0 Å². The highest BCUT2D eigenvalue weighted by molar-refractivity contribution is 9.10. The molecule has 0 radical (unpaired) electrons. The summed E-state index contributed by atoms with van der Waals surface area (Å²) in [7, 11) is 0. The van der Waals surface area contributed by atoms with Gasteiger partial charge in [0.2, 0.25) is 6.33 Å². The zero-order valence-electron chi connectivity index (χ0n) is 11.9. The Morgan fingerprint density at radius 3 is 2.38 bits per heavy atom. The molecule has 0 aliphatic heterocycles. The van der Waals surface area contributed by atoms with Crippen LogP contribution in [0, 0.1) is 6.92 Å². The molecule has 3 aromatic rings. The SMILES string of the molecule is Cc1ccc(Cn2c[n+](Cc3ccc(Br)cc3)cn2)cc1. The van der Waals surface area contributed by atoms with E-state index < -0.39 is 0 Å². The minimum absolute atomic E-state index is 0.799. The van der Waals surface area contributed by atoms with Crippen LogP contribution in [0.3, 0.4) is 0 Å². The molecule has 3 rings (SSSR count). The summed E-state index contributed by atoms with van der Waals surface area (Å²) in [6.45, 7) is 3.73. The summed E-state index contributed by atoms with van der Waals surface area (Å²) in [5.41, 5.74) is 3.81. The number of hydrogen-bond acceptors (Lipinski definition) is 1. The van der Waals surface area contributed by atoms with E-state index in [0.717, 1.165) is 17.6 Å². The highest BCUT2D eigenvalue weighted by Crippen LogP contribution is 2.10. The smallest absolute Gasteiger partial charge is 0.233 e. The predicted molar refractivity (Wildman–Crippen MR) is 85.9 cm³/mol. The molecule has 0 amide bonds. The average molecular weight is 343 g/mol. The van der Waals surface area contributed by atoms with Gasteiger partial charge in [0.25, 0.3) is 6.33 Å². The molecular formula is C17H17BrN3+. The normalized spacial score (nSPS) is 10.8. The van der Waals surface area contributed by atoms with Crippen molar-refractivity contribution in [1.29, 1.82) is 0 Å². The lowest BCUT2D eigenvalue weighted by Gasteiger charge is -1.99. The van der Waals surface area contributed by atoms with Gasteiger partial charge in [-0.2, -0.15) is 0 Å². The lowest BCUT2D eigenvalue weighted by molar-refractivity contribution is -0.689. The number of aromatic nitrogens is 3. The van der Waals surface area contributed by atoms with E-state index in [4.69, 9.17) is 0 Å². The standard InChI is InChI=1S/C17H17BrN3/c1-14-2-4-16(5-3-14)11-21-13-20(12-19-21)10-15-6-8-17(18)9-7-15/h2-9,12-13H,10-11H2,1H3/q+1. The second-order valence-electron chi connectivity index (χ2n) is 5.23. The van der Waals surface area contributed by atoms with Crippen molar-refractivity contribution >= 4 is 15.9 Å². The number of rotatable bonds is 4. The fourth-order valence-corrected chi connectivity index (χ4v) is 2.47. The third-order valence-corrected chi connectivity index (χ3v) is 3.90. The van der Waals surface area contributed by atoms with Crippen LogP contribution in [0.2, 0.25) is 0 Å². The molecule has 0 saturated heterocycles. The molecular weight excluding hydrogens is 326 g/mol. The van der Waals surface area contributed by atoms with Crippen LogP contribution in [0.25, 0.3) is 0 Å². The van der Waals surface area contributed by atoms with Crippen LogP contribution in [-0.2, 0) is 13.1 Å². The monoisotopic (exact) mass is 342 g/mol. The first kappa shape index (κ1) is 14.0. The molecule has 0 bridgehead atoms. The van der Waals surface area contributed by atoms with E-state index in [2.05, 4.69) is 81.1 Å². The molecule has 0 saturated carbocycles. The molecule has 0 aliphatic rings. The number of nitrogens with zero attached hydrogens (tertiary/aromatic N) is 3. The maximum Gasteiger partial charge on any atom is 0.265 e. The van der Waals surface area contributed by atoms with Gasteiger partial charge in [-0.15, -0.1) is 4.68 Å². The van der Waals surface area contributed by atoms with Gasteiger partial charge in [0.05, 0.1) is 6.54 Å². The minimum Gasteiger partial charge on any atom is -0.233 e. The zero-order chi connectivity index (χ0) is 14.7. The quantitative estimate of drug-likeness (QED) is 0.666.